The average Bonchev–Trinajstić information content (AvgIpc) is 2.98. The monoisotopic (exact) mass is 559 g/mol. The van der Waals surface area contributed by atoms with E-state index < -0.39 is 0 Å². The van der Waals surface area contributed by atoms with Gasteiger partial charge in [-0.25, -0.2) is 0 Å². The van der Waals surface area contributed by atoms with Crippen molar-refractivity contribution in [2.45, 2.75) is 103 Å². The van der Waals surface area contributed by atoms with Gasteiger partial charge < -0.3 is 19.4 Å². The quantitative estimate of drug-likeness (QED) is 0.350. The minimum absolute atomic E-state index is 0.0103. The van der Waals surface area contributed by atoms with Gasteiger partial charge in [-0.1, -0.05) is 42.3 Å². The number of amides is 1. The second-order valence-corrected chi connectivity index (χ2v) is 13.4. The van der Waals surface area contributed by atoms with E-state index >= 15 is 0 Å². The number of nitrogens with zero attached hydrogens (tertiary/aromatic N) is 3. The zero-order valence-electron chi connectivity index (χ0n) is 26.2. The number of likely N-dealkylation sites (tertiary alicyclic amines) is 3. The Kier molecular flexibility index (Phi) is 10.1. The van der Waals surface area contributed by atoms with Gasteiger partial charge in [-0.15, -0.1) is 0 Å². The van der Waals surface area contributed by atoms with E-state index in [0.717, 1.165) is 56.3 Å². The summed E-state index contributed by atoms with van der Waals surface area (Å²) in [6.45, 7) is 16.4. The predicted octanol–water partition coefficient (Wildman–Crippen LogP) is 6.53. The third kappa shape index (κ3) is 7.73. The lowest BCUT2D eigenvalue weighted by Gasteiger charge is -2.46. The zero-order chi connectivity index (χ0) is 28.8. The molecule has 224 valence electrons. The molecule has 1 amide bonds. The van der Waals surface area contributed by atoms with Crippen LogP contribution in [0.2, 0.25) is 0 Å². The predicted molar refractivity (Wildman–Crippen MR) is 169 cm³/mol. The van der Waals surface area contributed by atoms with Crippen LogP contribution in [0.5, 0.6) is 5.75 Å². The standard InChI is InChI=1S/C36H53N3O2/c1-28(2)41-33-11-8-10-31(25-33)26-35(40)39-20-9-16-36(27-39,34-24-29(3)12-13-30(34)4)17-23-37-21-14-32(15-22-37)38-18-6-5-7-19-38/h8,10-13,24-25,28,32H,5-7,9,14-23,26-27H2,1-4H3/t36-/m1/s1. The van der Waals surface area contributed by atoms with E-state index in [1.807, 2.05) is 32.0 Å². The number of aryl methyl sites for hydroxylation is 2. The largest absolute Gasteiger partial charge is 0.491 e. The van der Waals surface area contributed by atoms with Crippen molar-refractivity contribution in [3.63, 3.8) is 0 Å². The number of piperidine rings is 3. The van der Waals surface area contributed by atoms with Crippen LogP contribution in [0.25, 0.3) is 0 Å². The molecular formula is C36H53N3O2. The van der Waals surface area contributed by atoms with Crippen LogP contribution in [0.15, 0.2) is 42.5 Å². The van der Waals surface area contributed by atoms with Gasteiger partial charge in [0.05, 0.1) is 12.5 Å². The van der Waals surface area contributed by atoms with E-state index in [2.05, 4.69) is 52.8 Å². The Morgan fingerprint density at radius 1 is 0.951 bits per heavy atom. The molecule has 0 radical (unpaired) electrons. The molecular weight excluding hydrogens is 506 g/mol. The van der Waals surface area contributed by atoms with Crippen molar-refractivity contribution in [1.82, 2.24) is 14.7 Å². The summed E-state index contributed by atoms with van der Waals surface area (Å²) in [5.41, 5.74) is 5.19. The Bertz CT molecular complexity index is 1150. The number of hydrogen-bond donors (Lipinski definition) is 0. The fraction of sp³-hybridized carbons (Fsp3) is 0.639. The molecule has 0 N–H and O–H groups in total. The molecule has 3 aliphatic rings. The Balaban J connectivity index is 1.27. The maximum atomic E-state index is 13.7. The van der Waals surface area contributed by atoms with E-state index in [4.69, 9.17) is 4.74 Å². The van der Waals surface area contributed by atoms with Crippen LogP contribution >= 0.6 is 0 Å². The molecule has 2 aromatic carbocycles. The molecule has 1 atom stereocenters. The van der Waals surface area contributed by atoms with Crippen molar-refractivity contribution in [2.24, 2.45) is 0 Å². The van der Waals surface area contributed by atoms with Gasteiger partial charge in [0.2, 0.25) is 5.91 Å². The van der Waals surface area contributed by atoms with Crippen LogP contribution in [-0.4, -0.2) is 78.6 Å². The molecule has 41 heavy (non-hydrogen) atoms. The lowest BCUT2D eigenvalue weighted by molar-refractivity contribution is -0.132. The van der Waals surface area contributed by atoms with Crippen LogP contribution in [0, 0.1) is 13.8 Å². The Morgan fingerprint density at radius 2 is 1.73 bits per heavy atom. The molecule has 3 aliphatic heterocycles. The van der Waals surface area contributed by atoms with Crippen LogP contribution in [0.1, 0.15) is 87.5 Å². The van der Waals surface area contributed by atoms with Crippen LogP contribution in [0.4, 0.5) is 0 Å². The van der Waals surface area contributed by atoms with Gasteiger partial charge in [-0.3, -0.25) is 4.79 Å². The minimum atomic E-state index is 0.0103. The summed E-state index contributed by atoms with van der Waals surface area (Å²) in [7, 11) is 0. The normalized spacial score (nSPS) is 23.2. The number of carbonyl (C=O) groups is 1. The van der Waals surface area contributed by atoms with Gasteiger partial charge in [-0.2, -0.15) is 0 Å². The Hall–Kier alpha value is -2.37. The summed E-state index contributed by atoms with van der Waals surface area (Å²) in [5, 5.41) is 0. The summed E-state index contributed by atoms with van der Waals surface area (Å²) in [5.74, 6) is 1.08. The fourth-order valence-electron chi connectivity index (χ4n) is 7.66. The molecule has 3 saturated heterocycles. The maximum Gasteiger partial charge on any atom is 0.227 e. The Morgan fingerprint density at radius 3 is 2.49 bits per heavy atom. The van der Waals surface area contributed by atoms with E-state index in [1.54, 1.807) is 0 Å². The fourth-order valence-corrected chi connectivity index (χ4v) is 7.66. The molecule has 0 saturated carbocycles. The van der Waals surface area contributed by atoms with Crippen molar-refractivity contribution >= 4 is 5.91 Å². The van der Waals surface area contributed by atoms with Crippen molar-refractivity contribution in [3.05, 3.63) is 64.7 Å². The third-order valence-corrected chi connectivity index (χ3v) is 9.89. The van der Waals surface area contributed by atoms with Crippen molar-refractivity contribution in [1.29, 1.82) is 0 Å². The summed E-state index contributed by atoms with van der Waals surface area (Å²) in [4.78, 5) is 21.4. The van der Waals surface area contributed by atoms with Gasteiger partial charge in [0.1, 0.15) is 5.75 Å². The van der Waals surface area contributed by atoms with E-state index in [1.165, 1.54) is 75.0 Å². The minimum Gasteiger partial charge on any atom is -0.491 e. The summed E-state index contributed by atoms with van der Waals surface area (Å²) < 4.78 is 5.90. The molecule has 0 spiro atoms. The number of ether oxygens (including phenoxy) is 1. The SMILES string of the molecule is Cc1ccc(C)c([C@@]2(CCN3CCC(N4CCCCC4)CC3)CCCN(C(=O)Cc3cccc(OC(C)C)c3)C2)c1. The lowest BCUT2D eigenvalue weighted by atomic mass is 9.69. The van der Waals surface area contributed by atoms with Crippen molar-refractivity contribution in [3.8, 4) is 5.75 Å². The van der Waals surface area contributed by atoms with Gasteiger partial charge in [0.15, 0.2) is 0 Å². The number of hydrogen-bond acceptors (Lipinski definition) is 4. The highest BCUT2D eigenvalue weighted by Crippen LogP contribution is 2.40. The lowest BCUT2D eigenvalue weighted by Crippen LogP contribution is -2.51. The molecule has 3 heterocycles. The number of carbonyl (C=O) groups excluding carboxylic acids is 1. The number of benzene rings is 2. The van der Waals surface area contributed by atoms with Crippen LogP contribution < -0.4 is 4.74 Å². The first-order chi connectivity index (χ1) is 19.8. The van der Waals surface area contributed by atoms with Gasteiger partial charge in [0, 0.05) is 24.5 Å². The molecule has 0 aromatic heterocycles. The zero-order valence-corrected chi connectivity index (χ0v) is 26.2. The molecule has 2 aromatic rings. The molecule has 5 nitrogen and oxygen atoms in total. The van der Waals surface area contributed by atoms with Crippen LogP contribution in [0.3, 0.4) is 0 Å². The molecule has 5 rings (SSSR count). The second-order valence-electron chi connectivity index (χ2n) is 13.4. The van der Waals surface area contributed by atoms with Crippen molar-refractivity contribution < 1.29 is 9.53 Å². The maximum absolute atomic E-state index is 13.7. The van der Waals surface area contributed by atoms with E-state index in [9.17, 15) is 4.79 Å². The molecule has 0 unspecified atom stereocenters. The summed E-state index contributed by atoms with van der Waals surface area (Å²) in [6, 6.07) is 15.8. The highest BCUT2D eigenvalue weighted by atomic mass is 16.5. The van der Waals surface area contributed by atoms with Gasteiger partial charge in [-0.05, 0) is 134 Å². The first-order valence-corrected chi connectivity index (χ1v) is 16.4. The van der Waals surface area contributed by atoms with Crippen molar-refractivity contribution in [2.75, 3.05) is 45.8 Å². The summed E-state index contributed by atoms with van der Waals surface area (Å²) >= 11 is 0. The van der Waals surface area contributed by atoms with Gasteiger partial charge >= 0.3 is 0 Å². The Labute approximate surface area is 249 Å². The first kappa shape index (κ1) is 30.1. The van der Waals surface area contributed by atoms with Gasteiger partial charge in [0.25, 0.3) is 0 Å². The number of rotatable bonds is 9. The van der Waals surface area contributed by atoms with E-state index in [0.29, 0.717) is 6.42 Å². The third-order valence-electron chi connectivity index (χ3n) is 9.89. The molecule has 0 bridgehead atoms. The molecule has 5 heteroatoms. The average molecular weight is 560 g/mol. The molecule has 0 aliphatic carbocycles. The molecule has 3 fully saturated rings. The highest BCUT2D eigenvalue weighted by Gasteiger charge is 2.40. The topological polar surface area (TPSA) is 36.0 Å². The first-order valence-electron chi connectivity index (χ1n) is 16.4. The van der Waals surface area contributed by atoms with Crippen LogP contribution in [-0.2, 0) is 16.6 Å². The second kappa shape index (κ2) is 13.7. The van der Waals surface area contributed by atoms with E-state index in [-0.39, 0.29) is 17.4 Å². The smallest absolute Gasteiger partial charge is 0.227 e. The highest BCUT2D eigenvalue weighted by molar-refractivity contribution is 5.79. The summed E-state index contributed by atoms with van der Waals surface area (Å²) in [6.07, 6.45) is 10.7.